The predicted octanol–water partition coefficient (Wildman–Crippen LogP) is 1.60. The van der Waals surface area contributed by atoms with Crippen molar-refractivity contribution in [3.63, 3.8) is 0 Å². The van der Waals surface area contributed by atoms with Crippen LogP contribution in [-0.4, -0.2) is 37.4 Å². The standard InChI is InChI=1S/C14H21NO4/c1-3-9-19-12-6-5-11(10-13(12)18-4-2)14(17)15-7-8-16/h5-6,10,16H,3-4,7-9H2,1-2H3,(H,15,17). The first-order chi connectivity index (χ1) is 9.22. The predicted molar refractivity (Wildman–Crippen MR) is 72.8 cm³/mol. The molecule has 0 aliphatic carbocycles. The highest BCUT2D eigenvalue weighted by atomic mass is 16.5. The number of hydrogen-bond acceptors (Lipinski definition) is 4. The third-order valence-electron chi connectivity index (χ3n) is 2.36. The van der Waals surface area contributed by atoms with Crippen LogP contribution in [0.1, 0.15) is 30.6 Å². The highest BCUT2D eigenvalue weighted by molar-refractivity contribution is 5.94. The van der Waals surface area contributed by atoms with E-state index in [9.17, 15) is 4.79 Å². The topological polar surface area (TPSA) is 67.8 Å². The lowest BCUT2D eigenvalue weighted by molar-refractivity contribution is 0.0944. The Morgan fingerprint density at radius 3 is 2.68 bits per heavy atom. The number of aliphatic hydroxyl groups excluding tert-OH is 1. The number of carbonyl (C=O) groups is 1. The normalized spacial score (nSPS) is 10.1. The zero-order chi connectivity index (χ0) is 14.1. The van der Waals surface area contributed by atoms with Gasteiger partial charge in [0.1, 0.15) is 0 Å². The molecular formula is C14H21NO4. The van der Waals surface area contributed by atoms with Crippen molar-refractivity contribution in [1.29, 1.82) is 0 Å². The van der Waals surface area contributed by atoms with E-state index in [2.05, 4.69) is 5.32 Å². The van der Waals surface area contributed by atoms with E-state index >= 15 is 0 Å². The Morgan fingerprint density at radius 1 is 1.26 bits per heavy atom. The molecule has 1 aromatic carbocycles. The molecule has 0 atom stereocenters. The van der Waals surface area contributed by atoms with Crippen LogP contribution in [-0.2, 0) is 0 Å². The van der Waals surface area contributed by atoms with Gasteiger partial charge in [0.05, 0.1) is 19.8 Å². The van der Waals surface area contributed by atoms with Gasteiger partial charge in [0, 0.05) is 12.1 Å². The smallest absolute Gasteiger partial charge is 0.251 e. The SMILES string of the molecule is CCCOc1ccc(C(=O)NCCO)cc1OCC. The Morgan fingerprint density at radius 2 is 2.05 bits per heavy atom. The molecule has 19 heavy (non-hydrogen) atoms. The van der Waals surface area contributed by atoms with Gasteiger partial charge in [0.25, 0.3) is 5.91 Å². The first-order valence-corrected chi connectivity index (χ1v) is 6.51. The molecule has 0 radical (unpaired) electrons. The molecule has 106 valence electrons. The third kappa shape index (κ3) is 4.79. The highest BCUT2D eigenvalue weighted by Gasteiger charge is 2.11. The van der Waals surface area contributed by atoms with E-state index in [1.54, 1.807) is 18.2 Å². The summed E-state index contributed by atoms with van der Waals surface area (Å²) in [5, 5.41) is 11.3. The second-order valence-electron chi connectivity index (χ2n) is 3.92. The monoisotopic (exact) mass is 267 g/mol. The van der Waals surface area contributed by atoms with Crippen molar-refractivity contribution in [3.8, 4) is 11.5 Å². The van der Waals surface area contributed by atoms with Gasteiger partial charge in [-0.1, -0.05) is 6.92 Å². The molecular weight excluding hydrogens is 246 g/mol. The van der Waals surface area contributed by atoms with Crippen molar-refractivity contribution < 1.29 is 19.4 Å². The zero-order valence-corrected chi connectivity index (χ0v) is 11.4. The Bertz CT molecular complexity index is 406. The molecule has 0 unspecified atom stereocenters. The van der Waals surface area contributed by atoms with Crippen molar-refractivity contribution in [2.45, 2.75) is 20.3 Å². The minimum Gasteiger partial charge on any atom is -0.490 e. The Kier molecular flexibility index (Phi) is 6.74. The molecule has 0 aliphatic heterocycles. The van der Waals surface area contributed by atoms with Crippen molar-refractivity contribution in [2.75, 3.05) is 26.4 Å². The Labute approximate surface area is 113 Å². The van der Waals surface area contributed by atoms with Crippen molar-refractivity contribution in [3.05, 3.63) is 23.8 Å². The van der Waals surface area contributed by atoms with Gasteiger partial charge in [-0.15, -0.1) is 0 Å². The van der Waals surface area contributed by atoms with Gasteiger partial charge in [-0.3, -0.25) is 4.79 Å². The summed E-state index contributed by atoms with van der Waals surface area (Å²) in [6, 6.07) is 5.07. The second-order valence-corrected chi connectivity index (χ2v) is 3.92. The third-order valence-corrected chi connectivity index (χ3v) is 2.36. The molecule has 0 spiro atoms. The maximum absolute atomic E-state index is 11.8. The minimum atomic E-state index is -0.239. The number of amides is 1. The number of hydrogen-bond donors (Lipinski definition) is 2. The summed E-state index contributed by atoms with van der Waals surface area (Å²) in [7, 11) is 0. The lowest BCUT2D eigenvalue weighted by atomic mass is 10.2. The molecule has 0 saturated heterocycles. The molecule has 1 aromatic rings. The van der Waals surface area contributed by atoms with Crippen molar-refractivity contribution >= 4 is 5.91 Å². The number of rotatable bonds is 8. The van der Waals surface area contributed by atoms with E-state index in [0.717, 1.165) is 6.42 Å². The average Bonchev–Trinajstić information content (AvgIpc) is 2.43. The molecule has 0 heterocycles. The fourth-order valence-corrected chi connectivity index (χ4v) is 1.52. The van der Waals surface area contributed by atoms with Gasteiger partial charge in [-0.05, 0) is 31.5 Å². The van der Waals surface area contributed by atoms with Crippen LogP contribution in [0.4, 0.5) is 0 Å². The van der Waals surface area contributed by atoms with E-state index < -0.39 is 0 Å². The fourth-order valence-electron chi connectivity index (χ4n) is 1.52. The number of nitrogens with one attached hydrogen (secondary N) is 1. The van der Waals surface area contributed by atoms with Gasteiger partial charge in [0.15, 0.2) is 11.5 Å². The van der Waals surface area contributed by atoms with Crippen LogP contribution in [0.2, 0.25) is 0 Å². The molecule has 5 heteroatoms. The summed E-state index contributed by atoms with van der Waals surface area (Å²) in [4.78, 5) is 11.8. The van der Waals surface area contributed by atoms with Gasteiger partial charge in [-0.25, -0.2) is 0 Å². The van der Waals surface area contributed by atoms with Crippen LogP contribution in [0.5, 0.6) is 11.5 Å². The first-order valence-electron chi connectivity index (χ1n) is 6.51. The summed E-state index contributed by atoms with van der Waals surface area (Å²) >= 11 is 0. The van der Waals surface area contributed by atoms with Gasteiger partial charge in [-0.2, -0.15) is 0 Å². The maximum Gasteiger partial charge on any atom is 0.251 e. The van der Waals surface area contributed by atoms with Crippen LogP contribution >= 0.6 is 0 Å². The van der Waals surface area contributed by atoms with Crippen molar-refractivity contribution in [1.82, 2.24) is 5.32 Å². The summed E-state index contributed by atoms with van der Waals surface area (Å²) in [6.45, 7) is 5.16. The number of ether oxygens (including phenoxy) is 2. The van der Waals surface area contributed by atoms with Crippen LogP contribution in [0.3, 0.4) is 0 Å². The molecule has 0 fully saturated rings. The molecule has 1 amide bonds. The molecule has 0 bridgehead atoms. The van der Waals surface area contributed by atoms with Crippen LogP contribution in [0.25, 0.3) is 0 Å². The number of aliphatic hydroxyl groups is 1. The van der Waals surface area contributed by atoms with E-state index in [-0.39, 0.29) is 19.1 Å². The van der Waals surface area contributed by atoms with E-state index in [0.29, 0.717) is 30.3 Å². The molecule has 5 nitrogen and oxygen atoms in total. The van der Waals surface area contributed by atoms with Crippen molar-refractivity contribution in [2.24, 2.45) is 0 Å². The number of carbonyl (C=O) groups excluding carboxylic acids is 1. The van der Waals surface area contributed by atoms with E-state index in [1.807, 2.05) is 13.8 Å². The zero-order valence-electron chi connectivity index (χ0n) is 11.4. The molecule has 0 aromatic heterocycles. The van der Waals surface area contributed by atoms with E-state index in [1.165, 1.54) is 0 Å². The molecule has 0 aliphatic rings. The average molecular weight is 267 g/mol. The molecule has 1 rings (SSSR count). The van der Waals surface area contributed by atoms with Gasteiger partial charge in [0.2, 0.25) is 0 Å². The summed E-state index contributed by atoms with van der Waals surface area (Å²) in [5.74, 6) is 0.965. The Hall–Kier alpha value is -1.75. The lowest BCUT2D eigenvalue weighted by Crippen LogP contribution is -2.26. The fraction of sp³-hybridized carbons (Fsp3) is 0.500. The summed E-state index contributed by atoms with van der Waals surface area (Å²) in [6.07, 6.45) is 0.907. The lowest BCUT2D eigenvalue weighted by Gasteiger charge is -2.12. The number of benzene rings is 1. The van der Waals surface area contributed by atoms with Gasteiger partial charge < -0.3 is 19.9 Å². The second kappa shape index (κ2) is 8.37. The minimum absolute atomic E-state index is 0.0816. The highest BCUT2D eigenvalue weighted by Crippen LogP contribution is 2.28. The van der Waals surface area contributed by atoms with Crippen LogP contribution in [0, 0.1) is 0 Å². The van der Waals surface area contributed by atoms with Gasteiger partial charge >= 0.3 is 0 Å². The van der Waals surface area contributed by atoms with Crippen LogP contribution in [0.15, 0.2) is 18.2 Å². The maximum atomic E-state index is 11.8. The van der Waals surface area contributed by atoms with E-state index in [4.69, 9.17) is 14.6 Å². The molecule has 2 N–H and O–H groups in total. The largest absolute Gasteiger partial charge is 0.490 e. The molecule has 0 saturated carbocycles. The Balaban J connectivity index is 2.84. The summed E-state index contributed by atoms with van der Waals surface area (Å²) in [5.41, 5.74) is 0.487. The quantitative estimate of drug-likeness (QED) is 0.750. The first kappa shape index (κ1) is 15.3. The van der Waals surface area contributed by atoms with Crippen LogP contribution < -0.4 is 14.8 Å². The summed E-state index contributed by atoms with van der Waals surface area (Å²) < 4.78 is 11.0.